The van der Waals surface area contributed by atoms with Crippen LogP contribution >= 0.6 is 23.2 Å². The number of carbonyl (C=O) groups is 1. The lowest BCUT2D eigenvalue weighted by Crippen LogP contribution is -2.09. The molecule has 3 rings (SSSR count). The fourth-order valence-electron chi connectivity index (χ4n) is 2.98. The van der Waals surface area contributed by atoms with Gasteiger partial charge in [-0.2, -0.15) is 0 Å². The van der Waals surface area contributed by atoms with Gasteiger partial charge in [0.1, 0.15) is 12.1 Å². The molecule has 0 saturated heterocycles. The fraction of sp³-hybridized carbons (Fsp3) is 0.333. The molecule has 0 spiro atoms. The van der Waals surface area contributed by atoms with Gasteiger partial charge in [-0.15, -0.1) is 11.6 Å². The highest BCUT2D eigenvalue weighted by atomic mass is 35.5. The zero-order valence-corrected chi connectivity index (χ0v) is 17.3. The summed E-state index contributed by atoms with van der Waals surface area (Å²) in [5, 5.41) is 0.195. The van der Waals surface area contributed by atoms with Gasteiger partial charge in [-0.25, -0.2) is 4.98 Å². The molecule has 5 nitrogen and oxygen atoms in total. The van der Waals surface area contributed by atoms with E-state index >= 15 is 0 Å². The van der Waals surface area contributed by atoms with Gasteiger partial charge in [0.05, 0.1) is 23.1 Å². The van der Waals surface area contributed by atoms with E-state index in [9.17, 15) is 4.79 Å². The predicted molar refractivity (Wildman–Crippen MR) is 110 cm³/mol. The number of aromatic nitrogens is 1. The SMILES string of the molecule is CC(=O)c1c(OCCCl)c(OCCCc2ccccc2)c2oc(C)nc2c1Cl. The molecular formula is C21H21Cl2NO4. The maximum absolute atomic E-state index is 12.3. The molecule has 0 atom stereocenters. The third-order valence-electron chi connectivity index (χ3n) is 4.18. The first-order chi connectivity index (χ1) is 13.5. The second-order valence-electron chi connectivity index (χ2n) is 6.29. The zero-order valence-electron chi connectivity index (χ0n) is 15.8. The molecule has 1 heterocycles. The Morgan fingerprint density at radius 1 is 1.14 bits per heavy atom. The summed E-state index contributed by atoms with van der Waals surface area (Å²) in [5.74, 6) is 1.03. The molecule has 1 aromatic heterocycles. The second kappa shape index (κ2) is 9.30. The third kappa shape index (κ3) is 4.42. The summed E-state index contributed by atoms with van der Waals surface area (Å²) < 4.78 is 17.5. The Morgan fingerprint density at radius 3 is 2.54 bits per heavy atom. The fourth-order valence-corrected chi connectivity index (χ4v) is 3.41. The van der Waals surface area contributed by atoms with E-state index in [0.717, 1.165) is 12.8 Å². The highest BCUT2D eigenvalue weighted by molar-refractivity contribution is 6.39. The summed E-state index contributed by atoms with van der Waals surface area (Å²) in [6, 6.07) is 10.1. The molecule has 0 bridgehead atoms. The Balaban J connectivity index is 1.93. The second-order valence-corrected chi connectivity index (χ2v) is 7.05. The highest BCUT2D eigenvalue weighted by Gasteiger charge is 2.27. The van der Waals surface area contributed by atoms with E-state index in [0.29, 0.717) is 29.3 Å². The van der Waals surface area contributed by atoms with E-state index in [4.69, 9.17) is 37.1 Å². The van der Waals surface area contributed by atoms with Gasteiger partial charge < -0.3 is 13.9 Å². The first kappa shape index (κ1) is 20.5. The van der Waals surface area contributed by atoms with E-state index in [1.165, 1.54) is 12.5 Å². The van der Waals surface area contributed by atoms with Gasteiger partial charge in [-0.05, 0) is 25.3 Å². The average Bonchev–Trinajstić information content (AvgIpc) is 3.07. The molecule has 0 saturated carbocycles. The molecule has 7 heteroatoms. The van der Waals surface area contributed by atoms with E-state index in [-0.39, 0.29) is 34.6 Å². The number of benzene rings is 2. The Bertz CT molecular complexity index is 970. The van der Waals surface area contributed by atoms with Crippen LogP contribution in [0.15, 0.2) is 34.7 Å². The number of alkyl halides is 1. The molecule has 0 fully saturated rings. The van der Waals surface area contributed by atoms with Gasteiger partial charge >= 0.3 is 0 Å². The minimum atomic E-state index is -0.244. The van der Waals surface area contributed by atoms with Gasteiger partial charge in [0.15, 0.2) is 17.4 Å². The van der Waals surface area contributed by atoms with E-state index in [1.54, 1.807) is 6.92 Å². The van der Waals surface area contributed by atoms with Crippen molar-refractivity contribution in [1.29, 1.82) is 0 Å². The quantitative estimate of drug-likeness (QED) is 0.254. The van der Waals surface area contributed by atoms with Crippen LogP contribution in [0.2, 0.25) is 5.02 Å². The summed E-state index contributed by atoms with van der Waals surface area (Å²) >= 11 is 12.2. The Labute approximate surface area is 173 Å². The average molecular weight is 422 g/mol. The maximum Gasteiger partial charge on any atom is 0.207 e. The first-order valence-corrected chi connectivity index (χ1v) is 9.93. The number of hydrogen-bond acceptors (Lipinski definition) is 5. The van der Waals surface area contributed by atoms with Crippen LogP contribution in [0.3, 0.4) is 0 Å². The molecule has 3 aromatic rings. The minimum Gasteiger partial charge on any atom is -0.487 e. The summed E-state index contributed by atoms with van der Waals surface area (Å²) in [7, 11) is 0. The summed E-state index contributed by atoms with van der Waals surface area (Å²) in [5.41, 5.74) is 2.22. The maximum atomic E-state index is 12.3. The van der Waals surface area contributed by atoms with Gasteiger partial charge in [0.25, 0.3) is 0 Å². The minimum absolute atomic E-state index is 0.195. The highest BCUT2D eigenvalue weighted by Crippen LogP contribution is 2.45. The molecular weight excluding hydrogens is 401 g/mol. The number of rotatable bonds is 9. The van der Waals surface area contributed by atoms with Crippen LogP contribution < -0.4 is 9.47 Å². The monoisotopic (exact) mass is 421 g/mol. The number of aryl methyl sites for hydroxylation is 2. The van der Waals surface area contributed by atoms with Crippen LogP contribution in [0.4, 0.5) is 0 Å². The molecule has 0 radical (unpaired) electrons. The zero-order chi connectivity index (χ0) is 20.1. The topological polar surface area (TPSA) is 61.6 Å². The van der Waals surface area contributed by atoms with Crippen molar-refractivity contribution in [2.45, 2.75) is 26.7 Å². The molecule has 28 heavy (non-hydrogen) atoms. The summed E-state index contributed by atoms with van der Waals surface area (Å²) in [6.45, 7) is 3.76. The van der Waals surface area contributed by atoms with Crippen molar-refractivity contribution in [2.75, 3.05) is 19.1 Å². The van der Waals surface area contributed by atoms with Crippen molar-refractivity contribution in [2.24, 2.45) is 0 Å². The van der Waals surface area contributed by atoms with E-state index < -0.39 is 0 Å². The van der Waals surface area contributed by atoms with Gasteiger partial charge in [-0.1, -0.05) is 41.9 Å². The Hall–Kier alpha value is -2.24. The number of hydrogen-bond donors (Lipinski definition) is 0. The number of ether oxygens (including phenoxy) is 2. The van der Waals surface area contributed by atoms with Gasteiger partial charge in [-0.3, -0.25) is 4.79 Å². The first-order valence-electron chi connectivity index (χ1n) is 9.02. The molecule has 2 aromatic carbocycles. The van der Waals surface area contributed by atoms with Crippen molar-refractivity contribution in [3.8, 4) is 11.5 Å². The summed E-state index contributed by atoms with van der Waals surface area (Å²) in [6.07, 6.45) is 1.65. The lowest BCUT2D eigenvalue weighted by atomic mass is 10.1. The van der Waals surface area contributed by atoms with Gasteiger partial charge in [0, 0.05) is 6.92 Å². The van der Waals surface area contributed by atoms with Crippen LogP contribution in [0.25, 0.3) is 11.1 Å². The van der Waals surface area contributed by atoms with Crippen molar-refractivity contribution in [3.05, 3.63) is 52.4 Å². The number of ketones is 1. The number of Topliss-reactive ketones (excluding diaryl/α,β-unsaturated/α-hetero) is 1. The van der Waals surface area contributed by atoms with Crippen LogP contribution in [0.1, 0.15) is 35.2 Å². The molecule has 148 valence electrons. The Morgan fingerprint density at radius 2 is 1.86 bits per heavy atom. The largest absolute Gasteiger partial charge is 0.487 e. The van der Waals surface area contributed by atoms with Crippen LogP contribution in [-0.4, -0.2) is 29.9 Å². The predicted octanol–water partition coefficient (Wildman–Crippen LogP) is 5.62. The van der Waals surface area contributed by atoms with Crippen LogP contribution in [0, 0.1) is 6.92 Å². The molecule has 0 N–H and O–H groups in total. The number of oxazole rings is 1. The van der Waals surface area contributed by atoms with Crippen LogP contribution in [-0.2, 0) is 6.42 Å². The molecule has 0 aliphatic heterocycles. The number of fused-ring (bicyclic) bond motifs is 1. The Kier molecular flexibility index (Phi) is 6.81. The van der Waals surface area contributed by atoms with Crippen molar-refractivity contribution < 1.29 is 18.7 Å². The standard InChI is InChI=1S/C21H21Cl2NO4/c1-13(25)16-17(23)18-20(28-14(2)24-18)21(19(16)27-12-10-22)26-11-6-9-15-7-4-3-5-8-15/h3-5,7-8H,6,9-12H2,1-2H3. The van der Waals surface area contributed by atoms with Crippen molar-refractivity contribution in [1.82, 2.24) is 4.98 Å². The molecule has 0 unspecified atom stereocenters. The van der Waals surface area contributed by atoms with Crippen molar-refractivity contribution >= 4 is 40.1 Å². The normalized spacial score (nSPS) is 11.0. The number of carbonyl (C=O) groups excluding carboxylic acids is 1. The number of nitrogens with zero attached hydrogens (tertiary/aromatic N) is 1. The smallest absolute Gasteiger partial charge is 0.207 e. The lowest BCUT2D eigenvalue weighted by Gasteiger charge is -2.16. The number of halogens is 2. The molecule has 0 aliphatic carbocycles. The van der Waals surface area contributed by atoms with Crippen LogP contribution in [0.5, 0.6) is 11.5 Å². The van der Waals surface area contributed by atoms with Crippen molar-refractivity contribution in [3.63, 3.8) is 0 Å². The van der Waals surface area contributed by atoms with Gasteiger partial charge in [0.2, 0.25) is 11.3 Å². The molecule has 0 aliphatic rings. The van der Waals surface area contributed by atoms with E-state index in [1.807, 2.05) is 18.2 Å². The third-order valence-corrected chi connectivity index (χ3v) is 4.70. The molecule has 0 amide bonds. The summed E-state index contributed by atoms with van der Waals surface area (Å²) in [4.78, 5) is 16.6. The lowest BCUT2D eigenvalue weighted by molar-refractivity contribution is 0.101. The van der Waals surface area contributed by atoms with E-state index in [2.05, 4.69) is 17.1 Å².